The smallest absolute Gasteiger partial charge is 0.143 e. The molecular weight excluding hydrogens is 228 g/mol. The summed E-state index contributed by atoms with van der Waals surface area (Å²) in [7, 11) is 0. The highest BCUT2D eigenvalue weighted by Crippen LogP contribution is 2.30. The van der Waals surface area contributed by atoms with Crippen LogP contribution in [0, 0.1) is 5.92 Å². The number of thioether (sulfide) groups is 1. The van der Waals surface area contributed by atoms with E-state index in [0.717, 1.165) is 17.4 Å². The van der Waals surface area contributed by atoms with Crippen LogP contribution in [0.1, 0.15) is 71.6 Å². The summed E-state index contributed by atoms with van der Waals surface area (Å²) < 4.78 is 0. The third kappa shape index (κ3) is 6.49. The van der Waals surface area contributed by atoms with Crippen LogP contribution < -0.4 is 0 Å². The van der Waals surface area contributed by atoms with Gasteiger partial charge in [0.25, 0.3) is 0 Å². The summed E-state index contributed by atoms with van der Waals surface area (Å²) in [5, 5.41) is 0.787. The molecule has 0 aromatic carbocycles. The van der Waals surface area contributed by atoms with Crippen LogP contribution in [0.15, 0.2) is 0 Å². The van der Waals surface area contributed by atoms with Gasteiger partial charge in [0.1, 0.15) is 5.78 Å². The Balaban J connectivity index is 2.12. The maximum Gasteiger partial charge on any atom is 0.143 e. The fourth-order valence-electron chi connectivity index (χ4n) is 2.59. The quantitative estimate of drug-likeness (QED) is 0.587. The molecule has 1 rings (SSSR count). The number of Topliss-reactive ketones (excluding diaryl/α,β-unsaturated/α-hetero) is 1. The van der Waals surface area contributed by atoms with Crippen LogP contribution in [0.25, 0.3) is 0 Å². The molecule has 0 bridgehead atoms. The monoisotopic (exact) mass is 256 g/mol. The van der Waals surface area contributed by atoms with Crippen molar-refractivity contribution in [3.05, 3.63) is 0 Å². The van der Waals surface area contributed by atoms with Crippen LogP contribution in [-0.4, -0.2) is 16.8 Å². The first kappa shape index (κ1) is 15.1. The van der Waals surface area contributed by atoms with Gasteiger partial charge in [-0.1, -0.05) is 52.4 Å². The van der Waals surface area contributed by atoms with Crippen molar-refractivity contribution < 1.29 is 4.79 Å². The molecule has 0 N–H and O–H groups in total. The number of carbonyl (C=O) groups excluding carboxylic acids is 1. The van der Waals surface area contributed by atoms with Gasteiger partial charge in [-0.15, -0.1) is 0 Å². The Bertz CT molecular complexity index is 209. The second kappa shape index (κ2) is 9.02. The van der Waals surface area contributed by atoms with Crippen molar-refractivity contribution in [1.82, 2.24) is 0 Å². The van der Waals surface area contributed by atoms with E-state index >= 15 is 0 Å². The van der Waals surface area contributed by atoms with Gasteiger partial charge in [-0.2, -0.15) is 11.8 Å². The van der Waals surface area contributed by atoms with Crippen LogP contribution >= 0.6 is 11.8 Å². The molecule has 17 heavy (non-hydrogen) atoms. The van der Waals surface area contributed by atoms with Gasteiger partial charge >= 0.3 is 0 Å². The Morgan fingerprint density at radius 3 is 2.59 bits per heavy atom. The fourth-order valence-corrected chi connectivity index (χ4v) is 3.80. The summed E-state index contributed by atoms with van der Waals surface area (Å²) in [6, 6.07) is 0. The Labute approximate surface area is 111 Å². The molecule has 0 radical (unpaired) electrons. The predicted octanol–water partition coefficient (Wildman–Crippen LogP) is 4.84. The molecule has 0 spiro atoms. The zero-order valence-electron chi connectivity index (χ0n) is 11.5. The van der Waals surface area contributed by atoms with Crippen molar-refractivity contribution in [1.29, 1.82) is 0 Å². The molecule has 0 aromatic rings. The Hall–Kier alpha value is 0.0200. The first-order chi connectivity index (χ1) is 8.26. The summed E-state index contributed by atoms with van der Waals surface area (Å²) >= 11 is 1.92. The van der Waals surface area contributed by atoms with Gasteiger partial charge in [-0.25, -0.2) is 0 Å². The minimum atomic E-state index is 0.491. The number of carbonyl (C=O) groups is 1. The SMILES string of the molecule is CCCCC(CC)CC(=O)CSC1CCCC1. The Morgan fingerprint density at radius 2 is 2.00 bits per heavy atom. The van der Waals surface area contributed by atoms with E-state index in [0.29, 0.717) is 11.7 Å². The Kier molecular flexibility index (Phi) is 8.00. The molecule has 0 saturated heterocycles. The fraction of sp³-hybridized carbons (Fsp3) is 0.933. The van der Waals surface area contributed by atoms with E-state index in [1.54, 1.807) is 0 Å². The highest BCUT2D eigenvalue weighted by Gasteiger charge is 2.18. The van der Waals surface area contributed by atoms with Crippen molar-refractivity contribution in [2.75, 3.05) is 5.75 Å². The molecule has 1 saturated carbocycles. The third-order valence-corrected chi connectivity index (χ3v) is 5.27. The number of ketones is 1. The number of unbranched alkanes of at least 4 members (excludes halogenated alkanes) is 1. The Morgan fingerprint density at radius 1 is 1.29 bits per heavy atom. The van der Waals surface area contributed by atoms with E-state index in [1.807, 2.05) is 11.8 Å². The van der Waals surface area contributed by atoms with E-state index in [9.17, 15) is 4.79 Å². The number of hydrogen-bond donors (Lipinski definition) is 0. The van der Waals surface area contributed by atoms with Crippen LogP contribution in [0.2, 0.25) is 0 Å². The average molecular weight is 256 g/mol. The zero-order chi connectivity index (χ0) is 12.5. The van der Waals surface area contributed by atoms with Gasteiger partial charge < -0.3 is 0 Å². The van der Waals surface area contributed by atoms with Gasteiger partial charge in [0, 0.05) is 11.7 Å². The van der Waals surface area contributed by atoms with E-state index in [4.69, 9.17) is 0 Å². The van der Waals surface area contributed by atoms with Gasteiger partial charge in [-0.3, -0.25) is 4.79 Å². The van der Waals surface area contributed by atoms with Gasteiger partial charge in [0.2, 0.25) is 0 Å². The van der Waals surface area contributed by atoms with Crippen molar-refractivity contribution in [2.45, 2.75) is 76.9 Å². The van der Waals surface area contributed by atoms with Crippen molar-refractivity contribution >= 4 is 17.5 Å². The lowest BCUT2D eigenvalue weighted by molar-refractivity contribution is -0.117. The molecule has 1 aliphatic rings. The average Bonchev–Trinajstić information content (AvgIpc) is 2.85. The molecule has 0 aromatic heterocycles. The van der Waals surface area contributed by atoms with Crippen LogP contribution in [-0.2, 0) is 4.79 Å². The standard InChI is InChI=1S/C15H28OS/c1-3-5-8-13(4-2)11-14(16)12-17-15-9-6-7-10-15/h13,15H,3-12H2,1-2H3. The third-order valence-electron chi connectivity index (χ3n) is 3.84. The highest BCUT2D eigenvalue weighted by molar-refractivity contribution is 8.00. The lowest BCUT2D eigenvalue weighted by Gasteiger charge is -2.14. The molecule has 1 atom stereocenters. The minimum absolute atomic E-state index is 0.491. The molecule has 0 aliphatic heterocycles. The lowest BCUT2D eigenvalue weighted by atomic mass is 9.94. The maximum absolute atomic E-state index is 11.9. The van der Waals surface area contributed by atoms with E-state index < -0.39 is 0 Å². The largest absolute Gasteiger partial charge is 0.299 e. The summed E-state index contributed by atoms with van der Waals surface area (Å²) in [5.41, 5.74) is 0. The second-order valence-electron chi connectivity index (χ2n) is 5.38. The molecule has 0 heterocycles. The highest BCUT2D eigenvalue weighted by atomic mass is 32.2. The lowest BCUT2D eigenvalue weighted by Crippen LogP contribution is -2.11. The van der Waals surface area contributed by atoms with Gasteiger partial charge in [-0.05, 0) is 18.8 Å². The first-order valence-corrected chi connectivity index (χ1v) is 8.44. The predicted molar refractivity (Wildman–Crippen MR) is 77.6 cm³/mol. The van der Waals surface area contributed by atoms with Crippen molar-refractivity contribution in [2.24, 2.45) is 5.92 Å². The minimum Gasteiger partial charge on any atom is -0.299 e. The summed E-state index contributed by atoms with van der Waals surface area (Å²) in [4.78, 5) is 11.9. The molecule has 0 amide bonds. The van der Waals surface area contributed by atoms with E-state index in [1.165, 1.54) is 51.4 Å². The van der Waals surface area contributed by atoms with E-state index in [2.05, 4.69) is 13.8 Å². The summed E-state index contributed by atoms with van der Waals surface area (Å²) in [6.45, 7) is 4.45. The van der Waals surface area contributed by atoms with Crippen LogP contribution in [0.5, 0.6) is 0 Å². The van der Waals surface area contributed by atoms with Crippen LogP contribution in [0.3, 0.4) is 0 Å². The number of rotatable bonds is 9. The molecule has 100 valence electrons. The maximum atomic E-state index is 11.9. The molecule has 1 fully saturated rings. The van der Waals surface area contributed by atoms with Gasteiger partial charge in [0.05, 0.1) is 5.75 Å². The normalized spacial score (nSPS) is 18.5. The molecule has 2 heteroatoms. The van der Waals surface area contributed by atoms with Gasteiger partial charge in [0.15, 0.2) is 0 Å². The zero-order valence-corrected chi connectivity index (χ0v) is 12.4. The summed E-state index contributed by atoms with van der Waals surface area (Å²) in [5.74, 6) is 1.91. The summed E-state index contributed by atoms with van der Waals surface area (Å²) in [6.07, 6.45) is 11.2. The van der Waals surface area contributed by atoms with Crippen molar-refractivity contribution in [3.63, 3.8) is 0 Å². The molecule has 1 nitrogen and oxygen atoms in total. The van der Waals surface area contributed by atoms with E-state index in [-0.39, 0.29) is 0 Å². The first-order valence-electron chi connectivity index (χ1n) is 7.39. The second-order valence-corrected chi connectivity index (χ2v) is 6.67. The molecule has 1 unspecified atom stereocenters. The number of hydrogen-bond acceptors (Lipinski definition) is 2. The molecular formula is C15H28OS. The topological polar surface area (TPSA) is 17.1 Å². The molecule has 1 aliphatic carbocycles. The van der Waals surface area contributed by atoms with Crippen LogP contribution in [0.4, 0.5) is 0 Å². The van der Waals surface area contributed by atoms with Crippen molar-refractivity contribution in [3.8, 4) is 0 Å².